The zero-order chi connectivity index (χ0) is 17.9. The van der Waals surface area contributed by atoms with Crippen LogP contribution in [0.5, 0.6) is 5.75 Å². The van der Waals surface area contributed by atoms with Crippen molar-refractivity contribution in [3.8, 4) is 5.75 Å². The van der Waals surface area contributed by atoms with Crippen molar-refractivity contribution in [3.63, 3.8) is 0 Å². The summed E-state index contributed by atoms with van der Waals surface area (Å²) in [6.07, 6.45) is 1.55. The monoisotopic (exact) mass is 402 g/mol. The molecule has 0 radical (unpaired) electrons. The van der Waals surface area contributed by atoms with Gasteiger partial charge in [-0.05, 0) is 55.2 Å². The molecule has 0 unspecified atom stereocenters. The minimum atomic E-state index is -0.536. The summed E-state index contributed by atoms with van der Waals surface area (Å²) in [7, 11) is 0. The second-order valence-corrected chi connectivity index (χ2v) is 7.11. The third-order valence-corrected chi connectivity index (χ3v) is 4.79. The Hall–Kier alpha value is -2.34. The molecule has 0 heterocycles. The van der Waals surface area contributed by atoms with Crippen LogP contribution in [0, 0.1) is 6.92 Å². The third-order valence-electron chi connectivity index (χ3n) is 4.26. The number of aryl methyl sites for hydroxylation is 1. The first-order valence-corrected chi connectivity index (χ1v) is 8.84. The van der Waals surface area contributed by atoms with E-state index < -0.39 is 11.3 Å². The lowest BCUT2D eigenvalue weighted by molar-refractivity contribution is -0.131. The van der Waals surface area contributed by atoms with Crippen LogP contribution in [0.25, 0.3) is 0 Å². The summed E-state index contributed by atoms with van der Waals surface area (Å²) >= 11 is 3.39. The largest absolute Gasteiger partial charge is 0.484 e. The Balaban J connectivity index is 1.50. The van der Waals surface area contributed by atoms with Crippen molar-refractivity contribution in [3.05, 3.63) is 64.1 Å². The molecule has 25 heavy (non-hydrogen) atoms. The second-order valence-electron chi connectivity index (χ2n) is 6.20. The van der Waals surface area contributed by atoms with Gasteiger partial charge in [0.2, 0.25) is 5.91 Å². The Morgan fingerprint density at radius 1 is 1.12 bits per heavy atom. The molecule has 0 atom stereocenters. The minimum Gasteiger partial charge on any atom is -0.484 e. The number of hydrogen-bond donors (Lipinski definition) is 2. The van der Waals surface area contributed by atoms with Gasteiger partial charge in [0.15, 0.2) is 6.61 Å². The highest BCUT2D eigenvalue weighted by atomic mass is 79.9. The van der Waals surface area contributed by atoms with Crippen molar-refractivity contribution in [2.24, 2.45) is 0 Å². The summed E-state index contributed by atoms with van der Waals surface area (Å²) in [5.41, 5.74) is 6.41. The number of halogens is 1. The number of rotatable bonds is 5. The van der Waals surface area contributed by atoms with Crippen LogP contribution in [0.1, 0.15) is 24.0 Å². The van der Waals surface area contributed by atoms with Gasteiger partial charge in [-0.15, -0.1) is 0 Å². The minimum absolute atomic E-state index is 0.158. The number of hydrogen-bond acceptors (Lipinski definition) is 3. The van der Waals surface area contributed by atoms with Crippen LogP contribution in [0.3, 0.4) is 0 Å². The van der Waals surface area contributed by atoms with Gasteiger partial charge in [0.1, 0.15) is 5.75 Å². The van der Waals surface area contributed by atoms with Crippen LogP contribution in [0.2, 0.25) is 0 Å². The lowest BCUT2D eigenvalue weighted by Gasteiger charge is -2.16. The number of amides is 2. The quantitative estimate of drug-likeness (QED) is 0.755. The van der Waals surface area contributed by atoms with Crippen LogP contribution >= 0.6 is 15.9 Å². The maximum Gasteiger partial charge on any atom is 0.276 e. The first-order valence-electron chi connectivity index (χ1n) is 8.04. The molecule has 5 nitrogen and oxygen atoms in total. The van der Waals surface area contributed by atoms with Crippen molar-refractivity contribution >= 4 is 27.7 Å². The molecule has 130 valence electrons. The van der Waals surface area contributed by atoms with Crippen LogP contribution in [-0.4, -0.2) is 18.4 Å². The second kappa shape index (κ2) is 7.27. The number of carbonyl (C=O) groups is 2. The molecule has 2 amide bonds. The average molecular weight is 403 g/mol. The maximum absolute atomic E-state index is 12.5. The van der Waals surface area contributed by atoms with Gasteiger partial charge in [-0.1, -0.05) is 40.2 Å². The predicted octanol–water partition coefficient (Wildman–Crippen LogP) is 3.02. The average Bonchev–Trinajstić information content (AvgIpc) is 3.40. The molecule has 1 aliphatic rings. The summed E-state index contributed by atoms with van der Waals surface area (Å²) in [6.45, 7) is 1.79. The predicted molar refractivity (Wildman–Crippen MR) is 98.0 cm³/mol. The Labute approximate surface area is 154 Å². The highest BCUT2D eigenvalue weighted by molar-refractivity contribution is 9.10. The van der Waals surface area contributed by atoms with Gasteiger partial charge < -0.3 is 4.74 Å². The van der Waals surface area contributed by atoms with Crippen molar-refractivity contribution in [1.29, 1.82) is 0 Å². The lowest BCUT2D eigenvalue weighted by atomic mass is 9.95. The van der Waals surface area contributed by atoms with E-state index in [-0.39, 0.29) is 12.5 Å². The highest BCUT2D eigenvalue weighted by Crippen LogP contribution is 2.48. The molecule has 3 rings (SSSR count). The van der Waals surface area contributed by atoms with Crippen LogP contribution in [-0.2, 0) is 15.0 Å². The van der Waals surface area contributed by atoms with E-state index in [1.54, 1.807) is 6.07 Å². The highest BCUT2D eigenvalue weighted by Gasteiger charge is 2.51. The number of benzene rings is 2. The third kappa shape index (κ3) is 4.20. The molecule has 2 aromatic carbocycles. The van der Waals surface area contributed by atoms with E-state index in [9.17, 15) is 9.59 Å². The molecule has 0 aliphatic heterocycles. The fourth-order valence-corrected chi connectivity index (χ4v) is 2.94. The summed E-state index contributed by atoms with van der Waals surface area (Å²) < 4.78 is 6.38. The molecule has 0 spiro atoms. The first kappa shape index (κ1) is 17.5. The van der Waals surface area contributed by atoms with Crippen molar-refractivity contribution in [2.45, 2.75) is 25.2 Å². The van der Waals surface area contributed by atoms with Gasteiger partial charge in [0, 0.05) is 4.47 Å². The topological polar surface area (TPSA) is 67.4 Å². The Kier molecular flexibility index (Phi) is 5.08. The molecule has 1 saturated carbocycles. The number of hydrazine groups is 1. The zero-order valence-corrected chi connectivity index (χ0v) is 15.4. The molecular formula is C19H19BrN2O3. The van der Waals surface area contributed by atoms with Gasteiger partial charge in [0.25, 0.3) is 5.91 Å². The smallest absolute Gasteiger partial charge is 0.276 e. The summed E-state index contributed by atoms with van der Waals surface area (Å²) in [4.78, 5) is 24.3. The first-order chi connectivity index (χ1) is 12.0. The van der Waals surface area contributed by atoms with Crippen molar-refractivity contribution in [2.75, 3.05) is 6.61 Å². The summed E-state index contributed by atoms with van der Waals surface area (Å²) in [6, 6.07) is 15.1. The van der Waals surface area contributed by atoms with E-state index in [0.717, 1.165) is 28.4 Å². The van der Waals surface area contributed by atoms with Crippen molar-refractivity contribution in [1.82, 2.24) is 10.9 Å². The summed E-state index contributed by atoms with van der Waals surface area (Å²) in [5.74, 6) is 0.0233. The molecule has 0 bridgehead atoms. The summed E-state index contributed by atoms with van der Waals surface area (Å²) in [5, 5.41) is 0. The van der Waals surface area contributed by atoms with E-state index in [1.807, 2.05) is 49.4 Å². The van der Waals surface area contributed by atoms with Crippen LogP contribution in [0.15, 0.2) is 53.0 Å². The van der Waals surface area contributed by atoms with Crippen LogP contribution in [0.4, 0.5) is 0 Å². The maximum atomic E-state index is 12.5. The van der Waals surface area contributed by atoms with Gasteiger partial charge in [-0.2, -0.15) is 0 Å². The number of nitrogens with one attached hydrogen (secondary N) is 2. The molecule has 6 heteroatoms. The van der Waals surface area contributed by atoms with Gasteiger partial charge in [-0.3, -0.25) is 20.4 Å². The SMILES string of the molecule is Cc1cccc(OCC(=O)NNC(=O)C2(c3ccc(Br)cc3)CC2)c1. The molecule has 1 aliphatic carbocycles. The van der Waals surface area contributed by atoms with Gasteiger partial charge in [0.05, 0.1) is 5.41 Å². The molecule has 0 aromatic heterocycles. The van der Waals surface area contributed by atoms with Gasteiger partial charge in [-0.25, -0.2) is 0 Å². The van der Waals surface area contributed by atoms with Crippen molar-refractivity contribution < 1.29 is 14.3 Å². The number of carbonyl (C=O) groups excluding carboxylic acids is 2. The number of ether oxygens (including phenoxy) is 1. The van der Waals surface area contributed by atoms with Crippen LogP contribution < -0.4 is 15.6 Å². The normalized spacial score (nSPS) is 14.5. The zero-order valence-electron chi connectivity index (χ0n) is 13.8. The van der Waals surface area contributed by atoms with Gasteiger partial charge >= 0.3 is 0 Å². The molecule has 1 fully saturated rings. The van der Waals surface area contributed by atoms with E-state index >= 15 is 0 Å². The molecular weight excluding hydrogens is 384 g/mol. The lowest BCUT2D eigenvalue weighted by Crippen LogP contribution is -2.48. The molecule has 0 saturated heterocycles. The van der Waals surface area contributed by atoms with E-state index in [2.05, 4.69) is 26.8 Å². The molecule has 2 N–H and O–H groups in total. The fraction of sp³-hybridized carbons (Fsp3) is 0.263. The standard InChI is InChI=1S/C19H19BrN2O3/c1-13-3-2-4-16(11-13)25-12-17(23)21-22-18(24)19(9-10-19)14-5-7-15(20)8-6-14/h2-8,11H,9-10,12H2,1H3,(H,21,23)(H,22,24). The Morgan fingerprint density at radius 2 is 1.84 bits per heavy atom. The van der Waals surface area contributed by atoms with E-state index in [0.29, 0.717) is 5.75 Å². The Morgan fingerprint density at radius 3 is 2.48 bits per heavy atom. The fourth-order valence-electron chi connectivity index (χ4n) is 2.68. The van der Waals surface area contributed by atoms with E-state index in [4.69, 9.17) is 4.74 Å². The Bertz CT molecular complexity index is 786. The van der Waals surface area contributed by atoms with E-state index in [1.165, 1.54) is 0 Å². The molecule has 2 aromatic rings.